The second kappa shape index (κ2) is 8.86. The summed E-state index contributed by atoms with van der Waals surface area (Å²) in [5.74, 6) is -0.522. The molecular formula is C20H15BrN4O2. The summed E-state index contributed by atoms with van der Waals surface area (Å²) in [6.45, 7) is 0. The third-order valence-corrected chi connectivity index (χ3v) is 4.13. The van der Waals surface area contributed by atoms with Crippen LogP contribution in [0.4, 0.5) is 5.69 Å². The fourth-order valence-electron chi connectivity index (χ4n) is 2.19. The van der Waals surface area contributed by atoms with E-state index in [-0.39, 0.29) is 11.8 Å². The number of carbonyl (C=O) groups is 2. The first-order chi connectivity index (χ1) is 13.1. The van der Waals surface area contributed by atoms with Gasteiger partial charge in [0.15, 0.2) is 0 Å². The van der Waals surface area contributed by atoms with Crippen LogP contribution in [0.3, 0.4) is 0 Å². The molecule has 0 aliphatic rings. The molecule has 0 unspecified atom stereocenters. The predicted octanol–water partition coefficient (Wildman–Crippen LogP) is 3.86. The highest BCUT2D eigenvalue weighted by atomic mass is 79.9. The van der Waals surface area contributed by atoms with Gasteiger partial charge in [-0.2, -0.15) is 5.10 Å². The Kier molecular flexibility index (Phi) is 6.06. The number of anilines is 1. The molecule has 2 aromatic carbocycles. The zero-order valence-electron chi connectivity index (χ0n) is 14.1. The number of halogens is 1. The van der Waals surface area contributed by atoms with E-state index in [0.29, 0.717) is 16.8 Å². The Morgan fingerprint density at radius 3 is 2.15 bits per heavy atom. The third-order valence-electron chi connectivity index (χ3n) is 3.60. The van der Waals surface area contributed by atoms with Crippen molar-refractivity contribution in [1.29, 1.82) is 0 Å². The molecule has 0 atom stereocenters. The number of nitrogens with zero attached hydrogens (tertiary/aromatic N) is 2. The minimum absolute atomic E-state index is 0.202. The maximum absolute atomic E-state index is 12.3. The molecule has 0 saturated carbocycles. The molecule has 0 bridgehead atoms. The number of pyridine rings is 1. The molecule has 3 aromatic rings. The van der Waals surface area contributed by atoms with Gasteiger partial charge >= 0.3 is 0 Å². The maximum atomic E-state index is 12.3. The van der Waals surface area contributed by atoms with Crippen molar-refractivity contribution < 1.29 is 9.59 Å². The van der Waals surface area contributed by atoms with Gasteiger partial charge < -0.3 is 5.32 Å². The summed E-state index contributed by atoms with van der Waals surface area (Å²) in [5, 5.41) is 6.74. The molecule has 1 heterocycles. The van der Waals surface area contributed by atoms with E-state index < -0.39 is 0 Å². The van der Waals surface area contributed by atoms with E-state index in [9.17, 15) is 9.59 Å². The number of amides is 2. The summed E-state index contributed by atoms with van der Waals surface area (Å²) >= 11 is 3.35. The van der Waals surface area contributed by atoms with Gasteiger partial charge in [0.05, 0.1) is 6.21 Å². The first kappa shape index (κ1) is 18.5. The standard InChI is InChI=1S/C20H15BrN4O2/c21-17-5-7-18(8-6-17)24-19(26)15-3-1-14(2-4-15)13-23-25-20(27)16-9-11-22-12-10-16/h1-13H,(H,24,26)(H,25,27). The Bertz CT molecular complexity index is 956. The molecule has 6 nitrogen and oxygen atoms in total. The summed E-state index contributed by atoms with van der Waals surface area (Å²) in [4.78, 5) is 28.0. The molecule has 134 valence electrons. The zero-order chi connectivity index (χ0) is 19.1. The fourth-order valence-corrected chi connectivity index (χ4v) is 2.45. The Labute approximate surface area is 164 Å². The highest BCUT2D eigenvalue weighted by molar-refractivity contribution is 9.10. The van der Waals surface area contributed by atoms with Crippen molar-refractivity contribution in [3.63, 3.8) is 0 Å². The van der Waals surface area contributed by atoms with Crippen molar-refractivity contribution in [2.24, 2.45) is 5.10 Å². The van der Waals surface area contributed by atoms with Crippen molar-refractivity contribution in [2.45, 2.75) is 0 Å². The molecule has 0 radical (unpaired) electrons. The van der Waals surface area contributed by atoms with Crippen molar-refractivity contribution in [2.75, 3.05) is 5.32 Å². The number of rotatable bonds is 5. The van der Waals surface area contributed by atoms with Crippen LogP contribution in [0, 0.1) is 0 Å². The first-order valence-electron chi connectivity index (χ1n) is 8.02. The number of hydrogen-bond donors (Lipinski definition) is 2. The molecule has 2 N–H and O–H groups in total. The van der Waals surface area contributed by atoms with Crippen LogP contribution in [-0.4, -0.2) is 23.0 Å². The summed E-state index contributed by atoms with van der Waals surface area (Å²) in [5.41, 5.74) is 4.91. The molecule has 7 heteroatoms. The van der Waals surface area contributed by atoms with Gasteiger partial charge in [-0.1, -0.05) is 28.1 Å². The Morgan fingerprint density at radius 2 is 1.48 bits per heavy atom. The molecule has 27 heavy (non-hydrogen) atoms. The highest BCUT2D eigenvalue weighted by Crippen LogP contribution is 2.15. The van der Waals surface area contributed by atoms with Gasteiger partial charge in [0.1, 0.15) is 0 Å². The van der Waals surface area contributed by atoms with Crippen LogP contribution in [-0.2, 0) is 0 Å². The quantitative estimate of drug-likeness (QED) is 0.483. The Hall–Kier alpha value is -3.32. The molecule has 0 aliphatic heterocycles. The van der Waals surface area contributed by atoms with E-state index >= 15 is 0 Å². The molecule has 0 fully saturated rings. The summed E-state index contributed by atoms with van der Waals surface area (Å²) in [6, 6.07) is 17.4. The zero-order valence-corrected chi connectivity index (χ0v) is 15.7. The Balaban J connectivity index is 1.57. The van der Waals surface area contributed by atoms with E-state index in [0.717, 1.165) is 10.0 Å². The lowest BCUT2D eigenvalue weighted by Gasteiger charge is -2.05. The van der Waals surface area contributed by atoms with Crippen LogP contribution in [0.15, 0.2) is 82.6 Å². The molecule has 1 aromatic heterocycles. The van der Waals surface area contributed by atoms with Crippen molar-refractivity contribution in [3.05, 3.63) is 94.2 Å². The van der Waals surface area contributed by atoms with E-state index in [2.05, 4.69) is 36.8 Å². The number of hydrazone groups is 1. The Morgan fingerprint density at radius 1 is 0.852 bits per heavy atom. The normalized spacial score (nSPS) is 10.6. The van der Waals surface area contributed by atoms with Crippen LogP contribution in [0.25, 0.3) is 0 Å². The molecule has 2 amide bonds. The first-order valence-corrected chi connectivity index (χ1v) is 8.81. The third kappa shape index (κ3) is 5.32. The largest absolute Gasteiger partial charge is 0.322 e. The van der Waals surface area contributed by atoms with Crippen molar-refractivity contribution in [1.82, 2.24) is 10.4 Å². The second-order valence-electron chi connectivity index (χ2n) is 5.52. The average Bonchev–Trinajstić information content (AvgIpc) is 2.71. The maximum Gasteiger partial charge on any atom is 0.271 e. The number of hydrogen-bond acceptors (Lipinski definition) is 4. The van der Waals surface area contributed by atoms with Crippen LogP contribution < -0.4 is 10.7 Å². The van der Waals surface area contributed by atoms with Crippen LogP contribution in [0.5, 0.6) is 0 Å². The second-order valence-corrected chi connectivity index (χ2v) is 6.43. The predicted molar refractivity (Wildman–Crippen MR) is 108 cm³/mol. The van der Waals surface area contributed by atoms with E-state index in [1.807, 2.05) is 24.3 Å². The average molecular weight is 423 g/mol. The summed E-state index contributed by atoms with van der Waals surface area (Å²) in [6.07, 6.45) is 4.59. The van der Waals surface area contributed by atoms with E-state index in [1.165, 1.54) is 18.6 Å². The minimum Gasteiger partial charge on any atom is -0.322 e. The van der Waals surface area contributed by atoms with Crippen LogP contribution in [0.1, 0.15) is 26.3 Å². The van der Waals surface area contributed by atoms with Crippen molar-refractivity contribution >= 4 is 39.6 Å². The van der Waals surface area contributed by atoms with Crippen LogP contribution >= 0.6 is 15.9 Å². The van der Waals surface area contributed by atoms with Gasteiger partial charge in [-0.15, -0.1) is 0 Å². The lowest BCUT2D eigenvalue weighted by Crippen LogP contribution is -2.17. The number of aromatic nitrogens is 1. The van der Waals surface area contributed by atoms with E-state index in [4.69, 9.17) is 0 Å². The summed E-state index contributed by atoms with van der Waals surface area (Å²) in [7, 11) is 0. The van der Waals surface area contributed by atoms with Gasteiger partial charge in [-0.3, -0.25) is 14.6 Å². The lowest BCUT2D eigenvalue weighted by molar-refractivity contribution is 0.0954. The molecule has 0 aliphatic carbocycles. The fraction of sp³-hybridized carbons (Fsp3) is 0. The lowest BCUT2D eigenvalue weighted by atomic mass is 10.1. The summed E-state index contributed by atoms with van der Waals surface area (Å²) < 4.78 is 0.945. The van der Waals surface area contributed by atoms with Gasteiger partial charge in [0.2, 0.25) is 0 Å². The smallest absolute Gasteiger partial charge is 0.271 e. The number of benzene rings is 2. The monoisotopic (exact) mass is 422 g/mol. The van der Waals surface area contributed by atoms with Crippen molar-refractivity contribution in [3.8, 4) is 0 Å². The molecule has 0 spiro atoms. The van der Waals surface area contributed by atoms with E-state index in [1.54, 1.807) is 36.4 Å². The molecule has 0 saturated heterocycles. The van der Waals surface area contributed by atoms with Crippen LogP contribution in [0.2, 0.25) is 0 Å². The SMILES string of the molecule is O=C(NN=Cc1ccc(C(=O)Nc2ccc(Br)cc2)cc1)c1ccncc1. The number of carbonyl (C=O) groups excluding carboxylic acids is 2. The van der Waals surface area contributed by atoms with Gasteiger partial charge in [0.25, 0.3) is 11.8 Å². The number of nitrogens with one attached hydrogen (secondary N) is 2. The van der Waals surface area contributed by atoms with Gasteiger partial charge in [0, 0.05) is 33.7 Å². The molecular weight excluding hydrogens is 408 g/mol. The topological polar surface area (TPSA) is 83.5 Å². The minimum atomic E-state index is -0.320. The van der Waals surface area contributed by atoms with Gasteiger partial charge in [-0.05, 0) is 54.1 Å². The van der Waals surface area contributed by atoms with Gasteiger partial charge in [-0.25, -0.2) is 5.43 Å². The molecule has 3 rings (SSSR count). The highest BCUT2D eigenvalue weighted by Gasteiger charge is 2.06.